The molecule has 0 aromatic carbocycles. The molecule has 1 atom stereocenters. The van der Waals surface area contributed by atoms with Crippen molar-refractivity contribution in [1.29, 1.82) is 0 Å². The van der Waals surface area contributed by atoms with Gasteiger partial charge in [0.25, 0.3) is 0 Å². The fraction of sp³-hybridized carbons (Fsp3) is 0.632. The lowest BCUT2D eigenvalue weighted by molar-refractivity contribution is 0.193. The summed E-state index contributed by atoms with van der Waals surface area (Å²) in [5.74, 6) is 2.23. The highest BCUT2D eigenvalue weighted by Gasteiger charge is 2.25. The first-order valence-corrected chi connectivity index (χ1v) is 9.61. The number of aromatic nitrogens is 4. The second kappa shape index (κ2) is 7.95. The molecule has 0 spiro atoms. The molecule has 134 valence electrons. The SMILES string of the molecule is c1cnc(NCC[C@@H]2CN(CC3CCCC3)Cc3ccnn3C2)nc1. The molecule has 3 heterocycles. The zero-order valence-corrected chi connectivity index (χ0v) is 14.8. The molecule has 0 radical (unpaired) electrons. The number of anilines is 1. The zero-order valence-electron chi connectivity index (χ0n) is 14.8. The van der Waals surface area contributed by atoms with Gasteiger partial charge in [0.15, 0.2) is 0 Å². The number of hydrogen-bond acceptors (Lipinski definition) is 5. The molecule has 1 aliphatic carbocycles. The van der Waals surface area contributed by atoms with Crippen LogP contribution in [0.15, 0.2) is 30.7 Å². The van der Waals surface area contributed by atoms with Crippen molar-refractivity contribution in [2.45, 2.75) is 45.2 Å². The molecule has 1 fully saturated rings. The van der Waals surface area contributed by atoms with E-state index in [0.29, 0.717) is 5.92 Å². The van der Waals surface area contributed by atoms with Crippen molar-refractivity contribution in [2.75, 3.05) is 25.0 Å². The van der Waals surface area contributed by atoms with Gasteiger partial charge in [-0.05, 0) is 43.2 Å². The summed E-state index contributed by atoms with van der Waals surface area (Å²) in [7, 11) is 0. The third-order valence-electron chi connectivity index (χ3n) is 5.53. The van der Waals surface area contributed by atoms with Gasteiger partial charge in [-0.2, -0.15) is 5.10 Å². The van der Waals surface area contributed by atoms with E-state index in [-0.39, 0.29) is 0 Å². The Bertz CT molecular complexity index is 649. The normalized spacial score (nSPS) is 21.8. The highest BCUT2D eigenvalue weighted by Crippen LogP contribution is 2.27. The van der Waals surface area contributed by atoms with Crippen LogP contribution in [0.5, 0.6) is 0 Å². The van der Waals surface area contributed by atoms with E-state index in [9.17, 15) is 0 Å². The highest BCUT2D eigenvalue weighted by atomic mass is 15.3. The van der Waals surface area contributed by atoms with Gasteiger partial charge in [-0.1, -0.05) is 12.8 Å². The van der Waals surface area contributed by atoms with E-state index in [1.54, 1.807) is 12.4 Å². The average molecular weight is 340 g/mol. The number of hydrogen-bond donors (Lipinski definition) is 1. The molecule has 1 aliphatic heterocycles. The average Bonchev–Trinajstić information content (AvgIpc) is 3.25. The Kier molecular flexibility index (Phi) is 5.25. The molecule has 4 rings (SSSR count). The fourth-order valence-electron chi connectivity index (χ4n) is 4.28. The largest absolute Gasteiger partial charge is 0.354 e. The quantitative estimate of drug-likeness (QED) is 0.876. The van der Waals surface area contributed by atoms with Crippen LogP contribution in [0.3, 0.4) is 0 Å². The lowest BCUT2D eigenvalue weighted by Crippen LogP contribution is -2.32. The van der Waals surface area contributed by atoms with E-state index >= 15 is 0 Å². The maximum Gasteiger partial charge on any atom is 0.222 e. The standard InChI is InChI=1S/C19H28N6/c1-2-5-16(4-1)12-24-13-17(14-25-18(15-24)7-11-23-25)6-10-22-19-20-8-3-9-21-19/h3,7-9,11,16-17H,1-2,4-6,10,12-15H2,(H,20,21,22)/t17-/m1/s1. The van der Waals surface area contributed by atoms with Gasteiger partial charge in [-0.25, -0.2) is 9.97 Å². The Balaban J connectivity index is 1.36. The minimum absolute atomic E-state index is 0.610. The maximum atomic E-state index is 4.54. The number of rotatable bonds is 6. The van der Waals surface area contributed by atoms with Crippen LogP contribution < -0.4 is 5.32 Å². The molecule has 0 unspecified atom stereocenters. The van der Waals surface area contributed by atoms with Gasteiger partial charge in [0.05, 0.1) is 5.69 Å². The van der Waals surface area contributed by atoms with Crippen LogP contribution in [0, 0.1) is 11.8 Å². The lowest BCUT2D eigenvalue weighted by Gasteiger charge is -2.26. The molecule has 25 heavy (non-hydrogen) atoms. The van der Waals surface area contributed by atoms with Crippen LogP contribution in [-0.2, 0) is 13.1 Å². The Morgan fingerprint density at radius 2 is 1.88 bits per heavy atom. The number of nitrogens with one attached hydrogen (secondary N) is 1. The second-order valence-corrected chi connectivity index (χ2v) is 7.50. The highest BCUT2D eigenvalue weighted by molar-refractivity contribution is 5.21. The molecule has 1 saturated carbocycles. The molecule has 2 aromatic rings. The first-order chi connectivity index (χ1) is 12.4. The molecule has 2 aromatic heterocycles. The summed E-state index contributed by atoms with van der Waals surface area (Å²) in [5.41, 5.74) is 1.36. The molecular weight excluding hydrogens is 312 g/mol. The van der Waals surface area contributed by atoms with Crippen molar-refractivity contribution < 1.29 is 0 Å². The molecule has 2 aliphatic rings. The van der Waals surface area contributed by atoms with Crippen LogP contribution in [0.4, 0.5) is 5.95 Å². The van der Waals surface area contributed by atoms with E-state index < -0.39 is 0 Å². The molecule has 1 N–H and O–H groups in total. The second-order valence-electron chi connectivity index (χ2n) is 7.50. The number of fused-ring (bicyclic) bond motifs is 1. The van der Waals surface area contributed by atoms with E-state index in [2.05, 4.69) is 36.0 Å². The van der Waals surface area contributed by atoms with E-state index in [0.717, 1.165) is 44.5 Å². The van der Waals surface area contributed by atoms with Gasteiger partial charge in [-0.3, -0.25) is 9.58 Å². The monoisotopic (exact) mass is 340 g/mol. The fourth-order valence-corrected chi connectivity index (χ4v) is 4.28. The van der Waals surface area contributed by atoms with Gasteiger partial charge in [-0.15, -0.1) is 0 Å². The van der Waals surface area contributed by atoms with Crippen molar-refractivity contribution in [2.24, 2.45) is 11.8 Å². The minimum atomic E-state index is 0.610. The Hall–Kier alpha value is -1.95. The molecular formula is C19H28N6. The predicted molar refractivity (Wildman–Crippen MR) is 98.1 cm³/mol. The van der Waals surface area contributed by atoms with Gasteiger partial charge in [0.2, 0.25) is 5.95 Å². The Labute approximate surface area is 149 Å². The van der Waals surface area contributed by atoms with Gasteiger partial charge < -0.3 is 5.32 Å². The third-order valence-corrected chi connectivity index (χ3v) is 5.53. The first-order valence-electron chi connectivity index (χ1n) is 9.61. The van der Waals surface area contributed by atoms with Gasteiger partial charge in [0, 0.05) is 51.3 Å². The smallest absolute Gasteiger partial charge is 0.222 e. The third kappa shape index (κ3) is 4.37. The van der Waals surface area contributed by atoms with Crippen LogP contribution in [0.25, 0.3) is 0 Å². The molecule has 6 heteroatoms. The first kappa shape index (κ1) is 16.5. The molecule has 0 saturated heterocycles. The van der Waals surface area contributed by atoms with Crippen LogP contribution >= 0.6 is 0 Å². The summed E-state index contributed by atoms with van der Waals surface area (Å²) in [4.78, 5) is 11.1. The molecule has 0 bridgehead atoms. The van der Waals surface area contributed by atoms with Crippen molar-refractivity contribution in [3.63, 3.8) is 0 Å². The number of nitrogens with zero attached hydrogens (tertiary/aromatic N) is 5. The zero-order chi connectivity index (χ0) is 16.9. The topological polar surface area (TPSA) is 58.9 Å². The minimum Gasteiger partial charge on any atom is -0.354 e. The summed E-state index contributed by atoms with van der Waals surface area (Å²) >= 11 is 0. The Morgan fingerprint density at radius 1 is 1.04 bits per heavy atom. The summed E-state index contributed by atoms with van der Waals surface area (Å²) < 4.78 is 2.21. The molecule has 0 amide bonds. The van der Waals surface area contributed by atoms with Crippen LogP contribution in [-0.4, -0.2) is 44.3 Å². The van der Waals surface area contributed by atoms with Gasteiger partial charge in [0.1, 0.15) is 0 Å². The van der Waals surface area contributed by atoms with Crippen molar-refractivity contribution in [3.05, 3.63) is 36.4 Å². The van der Waals surface area contributed by atoms with Crippen molar-refractivity contribution in [3.8, 4) is 0 Å². The van der Waals surface area contributed by atoms with Crippen LogP contribution in [0.1, 0.15) is 37.8 Å². The summed E-state index contributed by atoms with van der Waals surface area (Å²) in [6.45, 7) is 5.37. The van der Waals surface area contributed by atoms with Crippen LogP contribution in [0.2, 0.25) is 0 Å². The summed E-state index contributed by atoms with van der Waals surface area (Å²) in [6, 6.07) is 4.02. The Morgan fingerprint density at radius 3 is 2.72 bits per heavy atom. The van der Waals surface area contributed by atoms with Crippen molar-refractivity contribution >= 4 is 5.95 Å². The predicted octanol–water partition coefficient (Wildman–Crippen LogP) is 2.80. The van der Waals surface area contributed by atoms with Gasteiger partial charge >= 0.3 is 0 Å². The van der Waals surface area contributed by atoms with Crippen molar-refractivity contribution in [1.82, 2.24) is 24.6 Å². The molecule has 6 nitrogen and oxygen atoms in total. The van der Waals surface area contributed by atoms with E-state index in [1.807, 2.05) is 12.3 Å². The maximum absolute atomic E-state index is 4.54. The summed E-state index contributed by atoms with van der Waals surface area (Å²) in [5, 5.41) is 7.89. The van der Waals surface area contributed by atoms with E-state index in [1.165, 1.54) is 37.9 Å². The summed E-state index contributed by atoms with van der Waals surface area (Å²) in [6.07, 6.45) is 12.3. The lowest BCUT2D eigenvalue weighted by atomic mass is 10.0. The van der Waals surface area contributed by atoms with E-state index in [4.69, 9.17) is 0 Å².